The Balaban J connectivity index is 1.92. The van der Waals surface area contributed by atoms with E-state index in [2.05, 4.69) is 17.2 Å². The minimum absolute atomic E-state index is 0.0151. The molecule has 7 heteroatoms. The summed E-state index contributed by atoms with van der Waals surface area (Å²) in [7, 11) is 0. The second-order valence-electron chi connectivity index (χ2n) is 7.34. The topological polar surface area (TPSA) is 86.2 Å². The molecule has 0 spiro atoms. The molecule has 1 atom stereocenters. The number of aliphatic imine (C=N–C) groups is 1. The molecule has 2 aliphatic rings. The number of carbonyl (C=O) groups excluding carboxylic acids is 2. The van der Waals surface area contributed by atoms with Crippen molar-refractivity contribution in [2.75, 3.05) is 19.8 Å². The molecule has 0 saturated carbocycles. The molecule has 170 valence electrons. The molecule has 1 heterocycles. The van der Waals surface area contributed by atoms with Crippen molar-refractivity contribution >= 4 is 17.5 Å². The first-order valence-corrected chi connectivity index (χ1v) is 11.1. The quantitative estimate of drug-likeness (QED) is 0.618. The van der Waals surface area contributed by atoms with E-state index in [0.717, 1.165) is 24.1 Å². The summed E-state index contributed by atoms with van der Waals surface area (Å²) in [5.74, 6) is 0.789. The zero-order valence-electron chi connectivity index (χ0n) is 19.1. The molecule has 3 rings (SSSR count). The number of hydrogen-bond acceptors (Lipinski definition) is 5. The van der Waals surface area contributed by atoms with E-state index in [9.17, 15) is 9.59 Å². The smallest absolute Gasteiger partial charge is 0.277 e. The van der Waals surface area contributed by atoms with Gasteiger partial charge in [-0.25, -0.2) is 4.99 Å². The van der Waals surface area contributed by atoms with E-state index < -0.39 is 5.91 Å². The third-order valence-corrected chi connectivity index (χ3v) is 5.01. The second kappa shape index (κ2) is 10.8. The zero-order chi connectivity index (χ0) is 23.1. The van der Waals surface area contributed by atoms with E-state index in [-0.39, 0.29) is 11.8 Å². The molecule has 0 radical (unpaired) electrons. The molecule has 1 unspecified atom stereocenters. The number of carbonyl (C=O) groups is 2. The molecule has 0 aromatic heterocycles. The number of allylic oxidation sites excluding steroid dienone is 3. The number of benzene rings is 1. The van der Waals surface area contributed by atoms with E-state index in [1.807, 2.05) is 32.9 Å². The van der Waals surface area contributed by atoms with Crippen molar-refractivity contribution in [3.63, 3.8) is 0 Å². The maximum Gasteiger partial charge on any atom is 0.277 e. The highest BCUT2D eigenvalue weighted by atomic mass is 16.5. The number of nitrogens with zero attached hydrogens (tertiary/aromatic N) is 1. The highest BCUT2D eigenvalue weighted by Crippen LogP contribution is 2.39. The molecule has 1 aromatic rings. The van der Waals surface area contributed by atoms with E-state index in [1.54, 1.807) is 24.3 Å². The molecule has 1 aromatic carbocycles. The van der Waals surface area contributed by atoms with Gasteiger partial charge < -0.3 is 19.5 Å². The van der Waals surface area contributed by atoms with Crippen LogP contribution in [-0.2, 0) is 4.79 Å². The Labute approximate surface area is 188 Å². The highest BCUT2D eigenvalue weighted by Gasteiger charge is 2.26. The van der Waals surface area contributed by atoms with Gasteiger partial charge in [0, 0.05) is 23.3 Å². The Morgan fingerprint density at radius 2 is 1.66 bits per heavy atom. The van der Waals surface area contributed by atoms with Crippen molar-refractivity contribution in [1.29, 1.82) is 0 Å². The summed E-state index contributed by atoms with van der Waals surface area (Å²) in [5.41, 5.74) is 2.62. The maximum atomic E-state index is 13.0. The van der Waals surface area contributed by atoms with E-state index in [0.29, 0.717) is 48.3 Å². The monoisotopic (exact) mass is 438 g/mol. The van der Waals surface area contributed by atoms with Crippen LogP contribution >= 0.6 is 0 Å². The van der Waals surface area contributed by atoms with Crippen molar-refractivity contribution in [2.45, 2.75) is 40.5 Å². The lowest BCUT2D eigenvalue weighted by Gasteiger charge is -2.27. The van der Waals surface area contributed by atoms with Crippen LogP contribution in [0.2, 0.25) is 0 Å². The van der Waals surface area contributed by atoms with Gasteiger partial charge in [0.25, 0.3) is 5.91 Å². The van der Waals surface area contributed by atoms with E-state index in [4.69, 9.17) is 14.2 Å². The van der Waals surface area contributed by atoms with Crippen LogP contribution in [0.3, 0.4) is 0 Å². The van der Waals surface area contributed by atoms with Gasteiger partial charge in [-0.05, 0) is 51.5 Å². The lowest BCUT2D eigenvalue weighted by Crippen LogP contribution is -2.33. The Bertz CT molecular complexity index is 977. The molecule has 1 aliphatic carbocycles. The molecule has 7 nitrogen and oxygen atoms in total. The minimum atomic E-state index is -0.434. The van der Waals surface area contributed by atoms with E-state index in [1.165, 1.54) is 0 Å². The van der Waals surface area contributed by atoms with Gasteiger partial charge in [0.2, 0.25) is 11.7 Å². The summed E-state index contributed by atoms with van der Waals surface area (Å²) in [5, 5.41) is 2.87. The van der Waals surface area contributed by atoms with Crippen LogP contribution in [0.5, 0.6) is 17.2 Å². The van der Waals surface area contributed by atoms with Gasteiger partial charge in [0.1, 0.15) is 0 Å². The van der Waals surface area contributed by atoms with Crippen LogP contribution in [0.25, 0.3) is 0 Å². The lowest BCUT2D eigenvalue weighted by atomic mass is 9.85. The highest BCUT2D eigenvalue weighted by molar-refractivity contribution is 6.14. The maximum absolute atomic E-state index is 13.0. The molecular formula is C25H30N2O5. The van der Waals surface area contributed by atoms with Crippen molar-refractivity contribution < 1.29 is 23.8 Å². The number of fused-ring (bicyclic) bond motifs is 1. The van der Waals surface area contributed by atoms with Gasteiger partial charge in [-0.15, -0.1) is 0 Å². The van der Waals surface area contributed by atoms with Gasteiger partial charge in [0.15, 0.2) is 11.5 Å². The second-order valence-corrected chi connectivity index (χ2v) is 7.34. The standard InChI is InChI=1S/C25H30N2O5/c1-5-9-16-14-23(28)27-20-15-18(10-11-19(16)20)26-25(29)17-12-21(30-6-2)24(32-8-4)22(13-17)31-7-3/h10-15,19H,5-9H2,1-4H3,(H,27,28). The SMILES string of the molecule is CCCC1=CC(=O)NC2=CC(=NC(=O)c3cc(OCC)c(OCC)c(OCC)c3)C=CC12. The molecule has 0 saturated heterocycles. The predicted octanol–water partition coefficient (Wildman–Crippen LogP) is 4.39. The Kier molecular flexibility index (Phi) is 7.87. The van der Waals surface area contributed by atoms with Gasteiger partial charge in [-0.2, -0.15) is 0 Å². The number of nitrogens with one attached hydrogen (secondary N) is 1. The normalized spacial score (nSPS) is 18.4. The first-order valence-electron chi connectivity index (χ1n) is 11.1. The summed E-state index contributed by atoms with van der Waals surface area (Å²) in [6.07, 6.45) is 9.00. The molecule has 0 fully saturated rings. The molecule has 1 aliphatic heterocycles. The molecule has 2 amide bonds. The molecule has 32 heavy (non-hydrogen) atoms. The average molecular weight is 439 g/mol. The average Bonchev–Trinajstić information content (AvgIpc) is 2.76. The van der Waals surface area contributed by atoms with Crippen LogP contribution in [0.15, 0.2) is 52.7 Å². The van der Waals surface area contributed by atoms with Crippen LogP contribution in [0.4, 0.5) is 0 Å². The van der Waals surface area contributed by atoms with Crippen LogP contribution < -0.4 is 19.5 Å². The van der Waals surface area contributed by atoms with Crippen molar-refractivity contribution in [1.82, 2.24) is 5.32 Å². The first kappa shape index (κ1) is 23.3. The summed E-state index contributed by atoms with van der Waals surface area (Å²) in [6.45, 7) is 8.95. The summed E-state index contributed by atoms with van der Waals surface area (Å²) < 4.78 is 17.1. The van der Waals surface area contributed by atoms with Crippen LogP contribution in [0.1, 0.15) is 50.9 Å². The lowest BCUT2D eigenvalue weighted by molar-refractivity contribution is -0.116. The minimum Gasteiger partial charge on any atom is -0.490 e. The predicted molar refractivity (Wildman–Crippen MR) is 124 cm³/mol. The molecular weight excluding hydrogens is 408 g/mol. The fourth-order valence-electron chi connectivity index (χ4n) is 3.75. The first-order chi connectivity index (χ1) is 15.5. The third-order valence-electron chi connectivity index (χ3n) is 5.01. The van der Waals surface area contributed by atoms with Gasteiger partial charge in [-0.3, -0.25) is 9.59 Å². The fourth-order valence-corrected chi connectivity index (χ4v) is 3.75. The fraction of sp³-hybridized carbons (Fsp3) is 0.400. The summed E-state index contributed by atoms with van der Waals surface area (Å²) in [6, 6.07) is 3.24. The Morgan fingerprint density at radius 1 is 1.00 bits per heavy atom. The number of amides is 2. The third kappa shape index (κ3) is 5.28. The van der Waals surface area contributed by atoms with Gasteiger partial charge >= 0.3 is 0 Å². The molecule has 0 bridgehead atoms. The van der Waals surface area contributed by atoms with Crippen molar-refractivity contribution in [3.8, 4) is 17.2 Å². The summed E-state index contributed by atoms with van der Waals surface area (Å²) >= 11 is 0. The van der Waals surface area contributed by atoms with Crippen LogP contribution in [0, 0.1) is 5.92 Å². The molecule has 1 N–H and O–H groups in total. The number of rotatable bonds is 9. The summed E-state index contributed by atoms with van der Waals surface area (Å²) in [4.78, 5) is 29.3. The number of ether oxygens (including phenoxy) is 3. The van der Waals surface area contributed by atoms with Crippen LogP contribution in [-0.4, -0.2) is 37.3 Å². The van der Waals surface area contributed by atoms with E-state index >= 15 is 0 Å². The van der Waals surface area contributed by atoms with Gasteiger partial charge in [-0.1, -0.05) is 25.0 Å². The largest absolute Gasteiger partial charge is 0.490 e. The zero-order valence-corrected chi connectivity index (χ0v) is 19.1. The number of hydrogen-bond donors (Lipinski definition) is 1. The Morgan fingerprint density at radius 3 is 2.25 bits per heavy atom. The van der Waals surface area contributed by atoms with Crippen molar-refractivity contribution in [3.05, 3.63) is 53.3 Å². The van der Waals surface area contributed by atoms with Crippen molar-refractivity contribution in [2.24, 2.45) is 10.9 Å². The van der Waals surface area contributed by atoms with Gasteiger partial charge in [0.05, 0.1) is 25.5 Å². The Hall–Kier alpha value is -3.35.